The first kappa shape index (κ1) is 37.2. The fourth-order valence-corrected chi connectivity index (χ4v) is 6.05. The van der Waals surface area contributed by atoms with Gasteiger partial charge in [-0.1, -0.05) is 43.6 Å². The third-order valence-corrected chi connectivity index (χ3v) is 8.47. The molecule has 0 spiro atoms. The maximum absolute atomic E-state index is 11.9. The minimum absolute atomic E-state index is 0.114. The van der Waals surface area contributed by atoms with Gasteiger partial charge in [0.25, 0.3) is 0 Å². The van der Waals surface area contributed by atoms with Crippen molar-refractivity contribution in [2.24, 2.45) is 0 Å². The molecule has 48 heavy (non-hydrogen) atoms. The van der Waals surface area contributed by atoms with Crippen LogP contribution in [0.1, 0.15) is 84.9 Å². The van der Waals surface area contributed by atoms with Crippen molar-refractivity contribution in [2.75, 3.05) is 31.2 Å². The molecule has 3 aliphatic rings. The van der Waals surface area contributed by atoms with Gasteiger partial charge >= 0.3 is 5.97 Å². The van der Waals surface area contributed by atoms with E-state index in [-0.39, 0.29) is 12.0 Å². The van der Waals surface area contributed by atoms with E-state index in [1.54, 1.807) is 20.8 Å². The predicted octanol–water partition coefficient (Wildman–Crippen LogP) is 8.39. The molecule has 0 atom stereocenters. The van der Waals surface area contributed by atoms with Crippen molar-refractivity contribution < 1.29 is 24.5 Å². The van der Waals surface area contributed by atoms with E-state index < -0.39 is 11.6 Å². The molecule has 1 saturated heterocycles. The highest BCUT2D eigenvalue weighted by atomic mass is 35.5. The van der Waals surface area contributed by atoms with Gasteiger partial charge in [-0.3, -0.25) is 4.79 Å². The number of carboxylic acids is 1. The molecule has 2 aromatic carbocycles. The van der Waals surface area contributed by atoms with Crippen molar-refractivity contribution in [3.63, 3.8) is 0 Å². The van der Waals surface area contributed by atoms with Crippen LogP contribution < -0.4 is 9.64 Å². The molecule has 7 rings (SSSR count). The van der Waals surface area contributed by atoms with Crippen molar-refractivity contribution in [2.45, 2.75) is 98.2 Å². The number of piperidine rings is 1. The van der Waals surface area contributed by atoms with Crippen LogP contribution in [-0.4, -0.2) is 68.3 Å². The second kappa shape index (κ2) is 16.2. The standard InChI is InChI=1S/C32H35ClN4O4.C4H10O.C2H6/c1-21-25(19-30(38)39)31-36-13-11-32(2,12-14-36)41-16-5-3-4-15-40-28-10-9-24(33)18-26(28)22-7-6-8-23(17-22)27-20-29(34-21)37(31)35-27;1-4(2,3)5;1-2/h6-10,17-18,20H,3-5,11-16,19H2,1-2H3,(H,38,39);5H,1-3H3;1-2H3. The molecule has 5 heterocycles. The molecule has 0 aliphatic carbocycles. The number of carbonyl (C=O) groups is 1. The van der Waals surface area contributed by atoms with E-state index in [0.717, 1.165) is 79.1 Å². The molecule has 9 nitrogen and oxygen atoms in total. The van der Waals surface area contributed by atoms with Crippen LogP contribution in [0.5, 0.6) is 5.75 Å². The Kier molecular flexibility index (Phi) is 12.5. The van der Waals surface area contributed by atoms with Gasteiger partial charge in [0.2, 0.25) is 0 Å². The van der Waals surface area contributed by atoms with Crippen molar-refractivity contribution >= 4 is 29.0 Å². The van der Waals surface area contributed by atoms with Gasteiger partial charge in [0.05, 0.1) is 29.9 Å². The lowest BCUT2D eigenvalue weighted by atomic mass is 9.92. The minimum Gasteiger partial charge on any atom is -0.493 e. The largest absolute Gasteiger partial charge is 0.493 e. The zero-order chi connectivity index (χ0) is 35.1. The monoisotopic (exact) mass is 678 g/mol. The number of hydrogen-bond acceptors (Lipinski definition) is 7. The molecular formula is C38H51ClN4O5. The van der Waals surface area contributed by atoms with Crippen molar-refractivity contribution in [3.05, 3.63) is 64.8 Å². The second-order valence-electron chi connectivity index (χ2n) is 13.5. The lowest BCUT2D eigenvalue weighted by Gasteiger charge is -2.41. The number of hydrogen-bond donors (Lipinski definition) is 2. The first-order valence-corrected chi connectivity index (χ1v) is 17.4. The molecule has 2 N–H and O–H groups in total. The summed E-state index contributed by atoms with van der Waals surface area (Å²) in [6.45, 7) is 16.1. The molecule has 0 radical (unpaired) electrons. The molecule has 0 saturated carbocycles. The Morgan fingerprint density at radius 1 is 1.00 bits per heavy atom. The summed E-state index contributed by atoms with van der Waals surface area (Å²) in [5, 5.41) is 23.9. The molecule has 3 aliphatic heterocycles. The number of rotatable bonds is 2. The van der Waals surface area contributed by atoms with E-state index >= 15 is 0 Å². The van der Waals surface area contributed by atoms with Crippen molar-refractivity contribution in [1.82, 2.24) is 14.6 Å². The van der Waals surface area contributed by atoms with Gasteiger partial charge in [0.1, 0.15) is 11.6 Å². The molecule has 10 heteroatoms. The third kappa shape index (κ3) is 9.71. The van der Waals surface area contributed by atoms with Gasteiger partial charge in [0.15, 0.2) is 5.65 Å². The van der Waals surface area contributed by atoms with Gasteiger partial charge < -0.3 is 24.6 Å². The Balaban J connectivity index is 0.000000682. The molecule has 1 fully saturated rings. The number of halogens is 1. The first-order valence-electron chi connectivity index (χ1n) is 17.1. The second-order valence-corrected chi connectivity index (χ2v) is 13.9. The van der Waals surface area contributed by atoms with Crippen LogP contribution in [0.25, 0.3) is 28.0 Å². The van der Waals surface area contributed by atoms with Crippen LogP contribution in [-0.2, 0) is 16.0 Å². The number of aliphatic hydroxyl groups is 1. The number of carboxylic acid groups (broad SMARTS) is 1. The quantitative estimate of drug-likeness (QED) is 0.218. The predicted molar refractivity (Wildman–Crippen MR) is 193 cm³/mol. The van der Waals surface area contributed by atoms with E-state index in [2.05, 4.69) is 17.9 Å². The van der Waals surface area contributed by atoms with Crippen molar-refractivity contribution in [1.29, 1.82) is 0 Å². The highest BCUT2D eigenvalue weighted by Gasteiger charge is 2.33. The van der Waals surface area contributed by atoms with Crippen LogP contribution in [0.3, 0.4) is 0 Å². The Labute approximate surface area is 289 Å². The summed E-state index contributed by atoms with van der Waals surface area (Å²) in [6, 6.07) is 15.9. The summed E-state index contributed by atoms with van der Waals surface area (Å²) in [5.74, 6) is 0.712. The Bertz CT molecular complexity index is 1680. The van der Waals surface area contributed by atoms with Crippen molar-refractivity contribution in [3.8, 4) is 28.1 Å². The molecule has 6 bridgehead atoms. The Morgan fingerprint density at radius 2 is 1.67 bits per heavy atom. The summed E-state index contributed by atoms with van der Waals surface area (Å²) in [6.07, 6.45) is 4.52. The topological polar surface area (TPSA) is 109 Å². The zero-order valence-electron chi connectivity index (χ0n) is 29.5. The number of fused-ring (bicyclic) bond motifs is 8. The molecule has 260 valence electrons. The van der Waals surface area contributed by atoms with E-state index in [0.29, 0.717) is 35.1 Å². The highest BCUT2D eigenvalue weighted by Crippen LogP contribution is 2.37. The molecular weight excluding hydrogens is 628 g/mol. The number of aryl methyl sites for hydroxylation is 1. The summed E-state index contributed by atoms with van der Waals surface area (Å²) < 4.78 is 14.5. The summed E-state index contributed by atoms with van der Waals surface area (Å²) in [5.41, 5.74) is 4.97. The summed E-state index contributed by atoms with van der Waals surface area (Å²) >= 11 is 6.42. The number of nitrogens with zero attached hydrogens (tertiary/aromatic N) is 4. The number of benzene rings is 2. The molecule has 2 aromatic heterocycles. The summed E-state index contributed by atoms with van der Waals surface area (Å²) in [4.78, 5) is 18.9. The molecule has 0 unspecified atom stereocenters. The number of aromatic nitrogens is 3. The zero-order valence-corrected chi connectivity index (χ0v) is 30.2. The molecule has 4 aromatic rings. The van der Waals surface area contributed by atoms with Gasteiger partial charge in [0, 0.05) is 53.2 Å². The van der Waals surface area contributed by atoms with Gasteiger partial charge in [-0.2, -0.15) is 9.61 Å². The fourth-order valence-electron chi connectivity index (χ4n) is 5.88. The van der Waals surface area contributed by atoms with Gasteiger partial charge in [-0.05, 0) is 96.6 Å². The lowest BCUT2D eigenvalue weighted by Crippen LogP contribution is -2.45. The first-order chi connectivity index (χ1) is 22.8. The SMILES string of the molecule is CC.CC(C)(C)O.Cc1nc2cc3nn2c(c1CC(=O)O)N1CCC(C)(CC1)OCCCCCOc1ccc(Cl)cc1-c1cccc-3c1. The average molecular weight is 679 g/mol. The van der Waals surface area contributed by atoms with Gasteiger partial charge in [-0.15, -0.1) is 0 Å². The fraction of sp³-hybridized carbons (Fsp3) is 0.500. The van der Waals surface area contributed by atoms with E-state index in [9.17, 15) is 9.90 Å². The van der Waals surface area contributed by atoms with E-state index in [4.69, 9.17) is 36.3 Å². The number of ether oxygens (including phenoxy) is 2. The van der Waals surface area contributed by atoms with Crippen LogP contribution in [0.2, 0.25) is 5.02 Å². The van der Waals surface area contributed by atoms with Crippen LogP contribution >= 0.6 is 11.6 Å². The summed E-state index contributed by atoms with van der Waals surface area (Å²) in [7, 11) is 0. The minimum atomic E-state index is -0.887. The molecule has 0 amide bonds. The number of aliphatic carboxylic acids is 1. The Hall–Kier alpha value is -3.66. The third-order valence-electron chi connectivity index (χ3n) is 8.24. The van der Waals surface area contributed by atoms with Crippen LogP contribution in [0, 0.1) is 6.92 Å². The van der Waals surface area contributed by atoms with Gasteiger partial charge in [-0.25, -0.2) is 4.98 Å². The maximum Gasteiger partial charge on any atom is 0.308 e. The van der Waals surface area contributed by atoms with Crippen LogP contribution in [0.15, 0.2) is 48.5 Å². The maximum atomic E-state index is 11.9. The van der Waals surface area contributed by atoms with E-state index in [1.165, 1.54) is 0 Å². The van der Waals surface area contributed by atoms with E-state index in [1.807, 2.05) is 67.8 Å². The normalized spacial score (nSPS) is 16.1. The number of anilines is 1. The van der Waals surface area contributed by atoms with Crippen LogP contribution in [0.4, 0.5) is 5.82 Å². The lowest BCUT2D eigenvalue weighted by molar-refractivity contribution is -0.136. The average Bonchev–Trinajstić information content (AvgIpc) is 3.45. The Morgan fingerprint density at radius 3 is 2.35 bits per heavy atom. The smallest absolute Gasteiger partial charge is 0.308 e. The highest BCUT2D eigenvalue weighted by molar-refractivity contribution is 6.31.